The van der Waals surface area contributed by atoms with E-state index in [0.29, 0.717) is 17.8 Å². The van der Waals surface area contributed by atoms with E-state index in [9.17, 15) is 9.59 Å². The Bertz CT molecular complexity index is 443. The molecule has 106 valence electrons. The number of hydrogen-bond acceptors (Lipinski definition) is 4. The van der Waals surface area contributed by atoms with Gasteiger partial charge in [0.15, 0.2) is 0 Å². The summed E-state index contributed by atoms with van der Waals surface area (Å²) in [6.07, 6.45) is 0.0965. The maximum atomic E-state index is 11.7. The Morgan fingerprint density at radius 2 is 2.16 bits per heavy atom. The molecule has 19 heavy (non-hydrogen) atoms. The van der Waals surface area contributed by atoms with Crippen LogP contribution in [0, 0.1) is 6.92 Å². The molecule has 1 rings (SSSR count). The first kappa shape index (κ1) is 15.7. The third-order valence-corrected chi connectivity index (χ3v) is 3.67. The lowest BCUT2D eigenvalue weighted by atomic mass is 10.3. The number of aryl methyl sites for hydroxylation is 1. The number of thiophene rings is 1. The molecule has 0 spiro atoms. The molecule has 0 aliphatic carbocycles. The number of nitrogens with zero attached hydrogens (tertiary/aromatic N) is 1. The van der Waals surface area contributed by atoms with Gasteiger partial charge in [-0.2, -0.15) is 0 Å². The van der Waals surface area contributed by atoms with Crippen molar-refractivity contribution in [3.63, 3.8) is 0 Å². The first-order valence-corrected chi connectivity index (χ1v) is 6.98. The van der Waals surface area contributed by atoms with Gasteiger partial charge in [-0.3, -0.25) is 9.59 Å². The zero-order valence-corrected chi connectivity index (χ0v) is 12.3. The molecule has 0 aliphatic rings. The molecule has 2 amide bonds. The molecule has 2 N–H and O–H groups in total. The van der Waals surface area contributed by atoms with E-state index >= 15 is 0 Å². The van der Waals surface area contributed by atoms with E-state index < -0.39 is 6.10 Å². The highest BCUT2D eigenvalue weighted by Gasteiger charge is 2.13. The Morgan fingerprint density at radius 1 is 1.47 bits per heavy atom. The fourth-order valence-corrected chi connectivity index (χ4v) is 2.22. The first-order chi connectivity index (χ1) is 8.90. The van der Waals surface area contributed by atoms with E-state index in [-0.39, 0.29) is 18.4 Å². The predicted molar refractivity (Wildman–Crippen MR) is 75.3 cm³/mol. The highest BCUT2D eigenvalue weighted by molar-refractivity contribution is 7.13. The summed E-state index contributed by atoms with van der Waals surface area (Å²) in [5.41, 5.74) is 0. The third kappa shape index (κ3) is 5.40. The maximum Gasteiger partial charge on any atom is 0.261 e. The SMILES string of the molecule is Cc1ccc(C(=O)NCC(=O)N(C)CCC(C)O)s1. The van der Waals surface area contributed by atoms with Crippen LogP contribution in [0.5, 0.6) is 0 Å². The second-order valence-corrected chi connectivity index (χ2v) is 5.83. The average molecular weight is 284 g/mol. The van der Waals surface area contributed by atoms with Gasteiger partial charge in [0.2, 0.25) is 5.91 Å². The average Bonchev–Trinajstić information content (AvgIpc) is 2.79. The van der Waals surface area contributed by atoms with Crippen LogP contribution >= 0.6 is 11.3 Å². The van der Waals surface area contributed by atoms with Crippen LogP contribution in [0.4, 0.5) is 0 Å². The Hall–Kier alpha value is -1.40. The Balaban J connectivity index is 2.35. The van der Waals surface area contributed by atoms with Crippen LogP contribution in [0.25, 0.3) is 0 Å². The third-order valence-electron chi connectivity index (χ3n) is 2.67. The van der Waals surface area contributed by atoms with Crippen molar-refractivity contribution >= 4 is 23.2 Å². The smallest absolute Gasteiger partial charge is 0.261 e. The lowest BCUT2D eigenvalue weighted by Crippen LogP contribution is -2.38. The van der Waals surface area contributed by atoms with Crippen molar-refractivity contribution in [2.24, 2.45) is 0 Å². The summed E-state index contributed by atoms with van der Waals surface area (Å²) in [6, 6.07) is 3.62. The molecule has 5 nitrogen and oxygen atoms in total. The van der Waals surface area contributed by atoms with Gasteiger partial charge >= 0.3 is 0 Å². The number of amides is 2. The molecule has 0 bridgehead atoms. The van der Waals surface area contributed by atoms with Gasteiger partial charge in [-0.1, -0.05) is 0 Å². The highest BCUT2D eigenvalue weighted by Crippen LogP contribution is 2.14. The Morgan fingerprint density at radius 3 is 2.68 bits per heavy atom. The van der Waals surface area contributed by atoms with E-state index in [4.69, 9.17) is 5.11 Å². The zero-order chi connectivity index (χ0) is 14.4. The van der Waals surface area contributed by atoms with Gasteiger partial charge in [0, 0.05) is 18.5 Å². The number of likely N-dealkylation sites (N-methyl/N-ethyl adjacent to an activating group) is 1. The van der Waals surface area contributed by atoms with Crippen LogP contribution < -0.4 is 5.32 Å². The molecule has 0 fully saturated rings. The van der Waals surface area contributed by atoms with Gasteiger partial charge in [0.05, 0.1) is 17.5 Å². The molecule has 1 atom stereocenters. The van der Waals surface area contributed by atoms with Crippen LogP contribution in [-0.2, 0) is 4.79 Å². The fraction of sp³-hybridized carbons (Fsp3) is 0.538. The van der Waals surface area contributed by atoms with Gasteiger partial charge in [-0.25, -0.2) is 0 Å². The molecule has 1 aromatic heterocycles. The molecule has 6 heteroatoms. The molecular formula is C13H20N2O3S. The molecule has 1 aromatic rings. The second kappa shape index (κ2) is 7.25. The summed E-state index contributed by atoms with van der Waals surface area (Å²) >= 11 is 1.40. The quantitative estimate of drug-likeness (QED) is 0.819. The van der Waals surface area contributed by atoms with Crippen molar-refractivity contribution in [1.82, 2.24) is 10.2 Å². The number of aliphatic hydroxyl groups excluding tert-OH is 1. The Kier molecular flexibility index (Phi) is 5.98. The van der Waals surface area contributed by atoms with E-state index in [0.717, 1.165) is 4.88 Å². The van der Waals surface area contributed by atoms with Crippen LogP contribution in [0.2, 0.25) is 0 Å². The molecule has 0 saturated carbocycles. The van der Waals surface area contributed by atoms with E-state index in [1.165, 1.54) is 16.2 Å². The molecule has 0 aromatic carbocycles. The summed E-state index contributed by atoms with van der Waals surface area (Å²) in [4.78, 5) is 26.6. The number of hydrogen-bond donors (Lipinski definition) is 2. The van der Waals surface area contributed by atoms with Crippen LogP contribution in [0.3, 0.4) is 0 Å². The topological polar surface area (TPSA) is 69.6 Å². The van der Waals surface area contributed by atoms with Crippen molar-refractivity contribution in [3.05, 3.63) is 21.9 Å². The summed E-state index contributed by atoms with van der Waals surface area (Å²) < 4.78 is 0. The van der Waals surface area contributed by atoms with Crippen LogP contribution in [-0.4, -0.2) is 48.1 Å². The van der Waals surface area contributed by atoms with Gasteiger partial charge in [0.1, 0.15) is 0 Å². The molecule has 0 aliphatic heterocycles. The molecule has 1 heterocycles. The number of aliphatic hydroxyl groups is 1. The minimum atomic E-state index is -0.432. The minimum Gasteiger partial charge on any atom is -0.393 e. The Labute approximate surface area is 117 Å². The molecular weight excluding hydrogens is 264 g/mol. The maximum absolute atomic E-state index is 11.7. The normalized spacial score (nSPS) is 12.0. The largest absolute Gasteiger partial charge is 0.393 e. The lowest BCUT2D eigenvalue weighted by molar-refractivity contribution is -0.129. The van der Waals surface area contributed by atoms with Crippen molar-refractivity contribution < 1.29 is 14.7 Å². The predicted octanol–water partition coefficient (Wildman–Crippen LogP) is 1.02. The minimum absolute atomic E-state index is 0.0217. The number of rotatable bonds is 6. The van der Waals surface area contributed by atoms with E-state index in [1.54, 1.807) is 20.0 Å². The van der Waals surface area contributed by atoms with E-state index in [1.807, 2.05) is 13.0 Å². The lowest BCUT2D eigenvalue weighted by Gasteiger charge is -2.18. The van der Waals surface area contributed by atoms with Crippen molar-refractivity contribution in [2.45, 2.75) is 26.4 Å². The first-order valence-electron chi connectivity index (χ1n) is 6.17. The standard InChI is InChI=1S/C13H20N2O3S/c1-9(16)6-7-15(3)12(17)8-14-13(18)11-5-4-10(2)19-11/h4-5,9,16H,6-8H2,1-3H3,(H,14,18). The molecule has 0 saturated heterocycles. The summed E-state index contributed by atoms with van der Waals surface area (Å²) in [6.45, 7) is 4.06. The van der Waals surface area contributed by atoms with Crippen molar-refractivity contribution in [3.8, 4) is 0 Å². The van der Waals surface area contributed by atoms with Gasteiger partial charge in [-0.15, -0.1) is 11.3 Å². The fourth-order valence-electron chi connectivity index (χ4n) is 1.44. The van der Waals surface area contributed by atoms with Crippen molar-refractivity contribution in [1.29, 1.82) is 0 Å². The highest BCUT2D eigenvalue weighted by atomic mass is 32.1. The van der Waals surface area contributed by atoms with E-state index in [2.05, 4.69) is 5.32 Å². The molecule has 1 unspecified atom stereocenters. The monoisotopic (exact) mass is 284 g/mol. The van der Waals surface area contributed by atoms with Gasteiger partial charge in [-0.05, 0) is 32.4 Å². The van der Waals surface area contributed by atoms with Gasteiger partial charge < -0.3 is 15.3 Å². The number of nitrogens with one attached hydrogen (secondary N) is 1. The summed E-state index contributed by atoms with van der Waals surface area (Å²) in [5.74, 6) is -0.391. The van der Waals surface area contributed by atoms with Crippen LogP contribution in [0.1, 0.15) is 27.9 Å². The van der Waals surface area contributed by atoms with Crippen LogP contribution in [0.15, 0.2) is 12.1 Å². The second-order valence-electron chi connectivity index (χ2n) is 4.55. The zero-order valence-electron chi connectivity index (χ0n) is 11.5. The van der Waals surface area contributed by atoms with Crippen molar-refractivity contribution in [2.75, 3.05) is 20.1 Å². The van der Waals surface area contributed by atoms with Gasteiger partial charge in [0.25, 0.3) is 5.91 Å². The number of carbonyl (C=O) groups is 2. The molecule has 0 radical (unpaired) electrons. The number of carbonyl (C=O) groups excluding carboxylic acids is 2. The summed E-state index contributed by atoms with van der Waals surface area (Å²) in [7, 11) is 1.66. The summed E-state index contributed by atoms with van der Waals surface area (Å²) in [5, 5.41) is 11.7.